The Morgan fingerprint density at radius 1 is 1.20 bits per heavy atom. The number of halogens is 2. The van der Waals surface area contributed by atoms with E-state index in [2.05, 4.69) is 24.0 Å². The first kappa shape index (κ1) is 14.6. The maximum Gasteiger partial charge on any atom is 0.231 e. The lowest BCUT2D eigenvalue weighted by atomic mass is 9.97. The monoisotopic (exact) mass is 281 g/mol. The Kier molecular flexibility index (Phi) is 4.44. The molecule has 0 spiro atoms. The van der Waals surface area contributed by atoms with E-state index in [4.69, 9.17) is 10.3 Å². The van der Waals surface area contributed by atoms with E-state index in [1.165, 1.54) is 0 Å². The SMILES string of the molecule is CC(C)CC(CN)c1nc(-c2cc(F)cc(F)c2)no1. The van der Waals surface area contributed by atoms with Crippen LogP contribution in [0.25, 0.3) is 11.4 Å². The first-order valence-electron chi connectivity index (χ1n) is 6.49. The van der Waals surface area contributed by atoms with Gasteiger partial charge in [0.1, 0.15) is 11.6 Å². The quantitative estimate of drug-likeness (QED) is 0.914. The molecule has 0 radical (unpaired) electrons. The molecule has 0 bridgehead atoms. The summed E-state index contributed by atoms with van der Waals surface area (Å²) in [7, 11) is 0. The normalized spacial score (nSPS) is 12.9. The minimum Gasteiger partial charge on any atom is -0.339 e. The van der Waals surface area contributed by atoms with E-state index in [0.717, 1.165) is 24.6 Å². The second-order valence-electron chi connectivity index (χ2n) is 5.18. The van der Waals surface area contributed by atoms with Crippen LogP contribution >= 0.6 is 0 Å². The lowest BCUT2D eigenvalue weighted by Gasteiger charge is -2.11. The molecule has 1 aromatic carbocycles. The minimum absolute atomic E-state index is 0.0466. The third kappa shape index (κ3) is 3.39. The fourth-order valence-corrected chi connectivity index (χ4v) is 2.07. The maximum absolute atomic E-state index is 13.2. The predicted molar refractivity (Wildman–Crippen MR) is 70.9 cm³/mol. The van der Waals surface area contributed by atoms with Gasteiger partial charge in [-0.3, -0.25) is 0 Å². The van der Waals surface area contributed by atoms with E-state index in [1.54, 1.807) is 0 Å². The molecule has 2 aromatic rings. The van der Waals surface area contributed by atoms with Crippen LogP contribution in [-0.2, 0) is 0 Å². The summed E-state index contributed by atoms with van der Waals surface area (Å²) in [6.45, 7) is 4.53. The van der Waals surface area contributed by atoms with Crippen molar-refractivity contribution in [2.75, 3.05) is 6.54 Å². The Bertz CT molecular complexity index is 563. The summed E-state index contributed by atoms with van der Waals surface area (Å²) >= 11 is 0. The van der Waals surface area contributed by atoms with Crippen molar-refractivity contribution >= 4 is 0 Å². The molecule has 1 unspecified atom stereocenters. The molecule has 1 heterocycles. The summed E-state index contributed by atoms with van der Waals surface area (Å²) < 4.78 is 31.5. The topological polar surface area (TPSA) is 64.9 Å². The van der Waals surface area contributed by atoms with Crippen LogP contribution < -0.4 is 5.73 Å². The molecular formula is C14H17F2N3O. The van der Waals surface area contributed by atoms with Crippen LogP contribution in [0.15, 0.2) is 22.7 Å². The fraction of sp³-hybridized carbons (Fsp3) is 0.429. The van der Waals surface area contributed by atoms with Crippen molar-refractivity contribution < 1.29 is 13.3 Å². The summed E-state index contributed by atoms with van der Waals surface area (Å²) in [5, 5.41) is 3.77. The summed E-state index contributed by atoms with van der Waals surface area (Å²) in [6, 6.07) is 3.13. The number of aromatic nitrogens is 2. The van der Waals surface area contributed by atoms with Crippen LogP contribution in [0.2, 0.25) is 0 Å². The highest BCUT2D eigenvalue weighted by Crippen LogP contribution is 2.25. The van der Waals surface area contributed by atoms with Gasteiger partial charge < -0.3 is 10.3 Å². The van der Waals surface area contributed by atoms with Gasteiger partial charge in [-0.2, -0.15) is 4.98 Å². The largest absolute Gasteiger partial charge is 0.339 e. The average Bonchev–Trinajstić information content (AvgIpc) is 2.84. The molecule has 6 heteroatoms. The molecule has 0 amide bonds. The van der Waals surface area contributed by atoms with Crippen molar-refractivity contribution in [2.24, 2.45) is 11.7 Å². The Labute approximate surface area is 116 Å². The van der Waals surface area contributed by atoms with Crippen LogP contribution in [0, 0.1) is 17.6 Å². The Morgan fingerprint density at radius 3 is 2.40 bits per heavy atom. The van der Waals surface area contributed by atoms with Gasteiger partial charge in [0.2, 0.25) is 11.7 Å². The summed E-state index contributed by atoms with van der Waals surface area (Å²) in [6.07, 6.45) is 0.815. The standard InChI is InChI=1S/C14H17F2N3O/c1-8(2)3-10(7-17)14-18-13(19-20-14)9-4-11(15)6-12(16)5-9/h4-6,8,10H,3,7,17H2,1-2H3. The van der Waals surface area contributed by atoms with Gasteiger partial charge in [-0.1, -0.05) is 19.0 Å². The first-order valence-corrected chi connectivity index (χ1v) is 6.49. The van der Waals surface area contributed by atoms with Crippen molar-refractivity contribution in [1.29, 1.82) is 0 Å². The van der Waals surface area contributed by atoms with E-state index in [0.29, 0.717) is 18.4 Å². The fourth-order valence-electron chi connectivity index (χ4n) is 2.07. The van der Waals surface area contributed by atoms with Crippen LogP contribution in [0.5, 0.6) is 0 Å². The van der Waals surface area contributed by atoms with Crippen LogP contribution in [0.1, 0.15) is 32.1 Å². The molecule has 2 rings (SSSR count). The van der Waals surface area contributed by atoms with Crippen molar-refractivity contribution in [3.8, 4) is 11.4 Å². The number of hydrogen-bond donors (Lipinski definition) is 1. The van der Waals surface area contributed by atoms with Gasteiger partial charge in [0.25, 0.3) is 0 Å². The van der Waals surface area contributed by atoms with Crippen molar-refractivity contribution in [3.05, 3.63) is 35.7 Å². The van der Waals surface area contributed by atoms with Gasteiger partial charge in [0, 0.05) is 18.2 Å². The zero-order chi connectivity index (χ0) is 14.7. The molecule has 108 valence electrons. The highest BCUT2D eigenvalue weighted by molar-refractivity contribution is 5.54. The molecule has 1 atom stereocenters. The Balaban J connectivity index is 2.27. The van der Waals surface area contributed by atoms with Crippen molar-refractivity contribution in [3.63, 3.8) is 0 Å². The summed E-state index contributed by atoms with van der Waals surface area (Å²) in [5.74, 6) is -0.394. The van der Waals surface area contributed by atoms with Gasteiger partial charge in [-0.15, -0.1) is 0 Å². The lowest BCUT2D eigenvalue weighted by Crippen LogP contribution is -2.15. The van der Waals surface area contributed by atoms with Crippen molar-refractivity contribution in [1.82, 2.24) is 10.1 Å². The molecule has 0 aliphatic carbocycles. The van der Waals surface area contributed by atoms with E-state index in [9.17, 15) is 8.78 Å². The van der Waals surface area contributed by atoms with Gasteiger partial charge >= 0.3 is 0 Å². The molecule has 2 N–H and O–H groups in total. The molecule has 0 saturated carbocycles. The van der Waals surface area contributed by atoms with Gasteiger partial charge in [0.05, 0.1) is 5.92 Å². The number of hydrogen-bond acceptors (Lipinski definition) is 4. The smallest absolute Gasteiger partial charge is 0.231 e. The third-order valence-electron chi connectivity index (χ3n) is 2.95. The Morgan fingerprint density at radius 2 is 1.85 bits per heavy atom. The minimum atomic E-state index is -0.677. The lowest BCUT2D eigenvalue weighted by molar-refractivity contribution is 0.335. The highest BCUT2D eigenvalue weighted by atomic mass is 19.1. The van der Waals surface area contributed by atoms with E-state index < -0.39 is 11.6 Å². The van der Waals surface area contributed by atoms with Gasteiger partial charge in [-0.05, 0) is 24.5 Å². The van der Waals surface area contributed by atoms with Gasteiger partial charge in [-0.25, -0.2) is 8.78 Å². The predicted octanol–water partition coefficient (Wildman–Crippen LogP) is 3.10. The molecule has 1 aromatic heterocycles. The van der Waals surface area contributed by atoms with E-state index >= 15 is 0 Å². The number of nitrogens with zero attached hydrogens (tertiary/aromatic N) is 2. The third-order valence-corrected chi connectivity index (χ3v) is 2.95. The zero-order valence-corrected chi connectivity index (χ0v) is 11.4. The molecule has 0 fully saturated rings. The number of rotatable bonds is 5. The van der Waals surface area contributed by atoms with E-state index in [-0.39, 0.29) is 17.3 Å². The highest BCUT2D eigenvalue weighted by Gasteiger charge is 2.20. The molecular weight excluding hydrogens is 264 g/mol. The van der Waals surface area contributed by atoms with Crippen LogP contribution in [0.3, 0.4) is 0 Å². The molecule has 0 aliphatic rings. The second-order valence-corrected chi connectivity index (χ2v) is 5.18. The Hall–Kier alpha value is -1.82. The molecule has 4 nitrogen and oxygen atoms in total. The molecule has 20 heavy (non-hydrogen) atoms. The number of benzene rings is 1. The summed E-state index contributed by atoms with van der Waals surface area (Å²) in [5.41, 5.74) is 5.95. The van der Waals surface area contributed by atoms with E-state index in [1.807, 2.05) is 0 Å². The average molecular weight is 281 g/mol. The van der Waals surface area contributed by atoms with Crippen LogP contribution in [-0.4, -0.2) is 16.7 Å². The van der Waals surface area contributed by atoms with Gasteiger partial charge in [0.15, 0.2) is 0 Å². The van der Waals surface area contributed by atoms with Crippen LogP contribution in [0.4, 0.5) is 8.78 Å². The molecule has 0 saturated heterocycles. The van der Waals surface area contributed by atoms with Crippen molar-refractivity contribution in [2.45, 2.75) is 26.2 Å². The first-order chi connectivity index (χ1) is 9.49. The number of nitrogens with two attached hydrogens (primary N) is 1. The maximum atomic E-state index is 13.2. The second kappa shape index (κ2) is 6.09. The summed E-state index contributed by atoms with van der Waals surface area (Å²) in [4.78, 5) is 4.20. The zero-order valence-electron chi connectivity index (χ0n) is 11.4. The molecule has 0 aliphatic heterocycles.